The largest absolute Gasteiger partial charge is 0.391 e. The van der Waals surface area contributed by atoms with Crippen LogP contribution in [0.5, 0.6) is 0 Å². The van der Waals surface area contributed by atoms with Gasteiger partial charge in [-0.25, -0.2) is 0 Å². The lowest BCUT2D eigenvalue weighted by molar-refractivity contribution is -0.132. The highest BCUT2D eigenvalue weighted by Gasteiger charge is 2.38. The van der Waals surface area contributed by atoms with Gasteiger partial charge in [-0.05, 0) is 24.6 Å². The Hall–Kier alpha value is -1.15. The molecule has 0 aromatic heterocycles. The molecule has 2 fully saturated rings. The van der Waals surface area contributed by atoms with E-state index in [9.17, 15) is 14.7 Å². The maximum atomic E-state index is 12.5. The topological polar surface area (TPSA) is 81.7 Å². The molecule has 6 nitrogen and oxygen atoms in total. The molecule has 8 heteroatoms. The highest BCUT2D eigenvalue weighted by atomic mass is 79.9. The average molecular weight is 419 g/mol. The second-order valence-electron chi connectivity index (χ2n) is 6.04. The van der Waals surface area contributed by atoms with Crippen LogP contribution in [0.2, 0.25) is 0 Å². The maximum absolute atomic E-state index is 12.5. The van der Waals surface area contributed by atoms with Crippen molar-refractivity contribution in [3.8, 4) is 0 Å². The fourth-order valence-corrected chi connectivity index (χ4v) is 3.49. The standard InChI is InChI=1S/C16H20BrN3O3.ClH/c17-11-2-1-3-12(6-11)20-5-4-13(16(20)23)15(22)19-8-10-7-18-9-14(10)21;/h1-3,6,10,13-14,18,21H,4-5,7-9H2,(H,19,22);1H. The van der Waals surface area contributed by atoms with Gasteiger partial charge in [0.2, 0.25) is 11.8 Å². The average Bonchev–Trinajstić information content (AvgIpc) is 3.11. The van der Waals surface area contributed by atoms with E-state index >= 15 is 0 Å². The van der Waals surface area contributed by atoms with Crippen molar-refractivity contribution in [2.75, 3.05) is 31.1 Å². The zero-order chi connectivity index (χ0) is 16.4. The highest BCUT2D eigenvalue weighted by Crippen LogP contribution is 2.27. The van der Waals surface area contributed by atoms with Crippen LogP contribution in [0, 0.1) is 11.8 Å². The zero-order valence-corrected chi connectivity index (χ0v) is 15.5. The number of aliphatic hydroxyl groups is 1. The van der Waals surface area contributed by atoms with E-state index in [4.69, 9.17) is 0 Å². The van der Waals surface area contributed by atoms with Gasteiger partial charge in [0.15, 0.2) is 0 Å². The van der Waals surface area contributed by atoms with Gasteiger partial charge in [0.1, 0.15) is 5.92 Å². The highest BCUT2D eigenvalue weighted by molar-refractivity contribution is 9.10. The number of amides is 2. The fraction of sp³-hybridized carbons (Fsp3) is 0.500. The summed E-state index contributed by atoms with van der Waals surface area (Å²) in [4.78, 5) is 26.5. The smallest absolute Gasteiger partial charge is 0.239 e. The van der Waals surface area contributed by atoms with Crippen LogP contribution >= 0.6 is 28.3 Å². The number of rotatable bonds is 4. The van der Waals surface area contributed by atoms with Crippen LogP contribution in [0.15, 0.2) is 28.7 Å². The normalized spacial score (nSPS) is 26.3. The van der Waals surface area contributed by atoms with E-state index in [1.807, 2.05) is 24.3 Å². The van der Waals surface area contributed by atoms with Crippen molar-refractivity contribution in [1.29, 1.82) is 0 Å². The lowest BCUT2D eigenvalue weighted by Crippen LogP contribution is -2.40. The molecule has 2 saturated heterocycles. The Morgan fingerprint density at radius 1 is 1.42 bits per heavy atom. The second-order valence-corrected chi connectivity index (χ2v) is 6.96. The number of carbonyl (C=O) groups excluding carboxylic acids is 2. The predicted molar refractivity (Wildman–Crippen MR) is 97.2 cm³/mol. The summed E-state index contributed by atoms with van der Waals surface area (Å²) in [5.41, 5.74) is 0.801. The molecule has 0 spiro atoms. The number of anilines is 1. The van der Waals surface area contributed by atoms with Crippen molar-refractivity contribution in [3.05, 3.63) is 28.7 Å². The van der Waals surface area contributed by atoms with E-state index in [0.717, 1.165) is 10.2 Å². The zero-order valence-electron chi connectivity index (χ0n) is 13.1. The van der Waals surface area contributed by atoms with E-state index in [2.05, 4.69) is 26.6 Å². The molecular formula is C16H21BrClN3O3. The molecule has 3 atom stereocenters. The molecule has 132 valence electrons. The molecule has 2 heterocycles. The van der Waals surface area contributed by atoms with Crippen LogP contribution in [0.25, 0.3) is 0 Å². The van der Waals surface area contributed by atoms with Crippen molar-refractivity contribution in [2.45, 2.75) is 12.5 Å². The van der Waals surface area contributed by atoms with Gasteiger partial charge in [-0.3, -0.25) is 9.59 Å². The monoisotopic (exact) mass is 417 g/mol. The number of β-amino-alcohol motifs (C(OH)–C–C–N with tert-alkyl or cyclic N) is 1. The fourth-order valence-electron chi connectivity index (χ4n) is 3.11. The first-order valence-electron chi connectivity index (χ1n) is 7.79. The number of halogens is 2. The molecular weight excluding hydrogens is 398 g/mol. The summed E-state index contributed by atoms with van der Waals surface area (Å²) in [5.74, 6) is -1.03. The van der Waals surface area contributed by atoms with Gasteiger partial charge in [0.25, 0.3) is 0 Å². The lowest BCUT2D eigenvalue weighted by atomic mass is 10.0. The number of hydrogen-bond donors (Lipinski definition) is 3. The van der Waals surface area contributed by atoms with Crippen molar-refractivity contribution in [1.82, 2.24) is 10.6 Å². The summed E-state index contributed by atoms with van der Waals surface area (Å²) >= 11 is 3.39. The lowest BCUT2D eigenvalue weighted by Gasteiger charge is -2.18. The third-order valence-electron chi connectivity index (χ3n) is 4.48. The molecule has 0 saturated carbocycles. The van der Waals surface area contributed by atoms with E-state index in [0.29, 0.717) is 32.6 Å². The van der Waals surface area contributed by atoms with Crippen LogP contribution in [-0.2, 0) is 9.59 Å². The minimum Gasteiger partial charge on any atom is -0.391 e. The molecule has 2 aliphatic heterocycles. The van der Waals surface area contributed by atoms with Gasteiger partial charge in [-0.2, -0.15) is 0 Å². The Balaban J connectivity index is 0.00000208. The molecule has 2 amide bonds. The Labute approximate surface area is 155 Å². The Morgan fingerprint density at radius 2 is 2.21 bits per heavy atom. The van der Waals surface area contributed by atoms with Crippen molar-refractivity contribution in [3.63, 3.8) is 0 Å². The van der Waals surface area contributed by atoms with Gasteiger partial charge in [-0.1, -0.05) is 22.0 Å². The molecule has 3 unspecified atom stereocenters. The summed E-state index contributed by atoms with van der Waals surface area (Å²) < 4.78 is 0.901. The summed E-state index contributed by atoms with van der Waals surface area (Å²) in [6.07, 6.45) is 0.0792. The van der Waals surface area contributed by atoms with E-state index in [-0.39, 0.29) is 30.1 Å². The quantitative estimate of drug-likeness (QED) is 0.635. The van der Waals surface area contributed by atoms with Crippen molar-refractivity contribution >= 4 is 45.8 Å². The molecule has 1 aromatic rings. The van der Waals surface area contributed by atoms with Gasteiger partial charge in [0.05, 0.1) is 6.10 Å². The maximum Gasteiger partial charge on any atom is 0.239 e. The first kappa shape index (κ1) is 19.2. The minimum atomic E-state index is -0.638. The van der Waals surface area contributed by atoms with Gasteiger partial charge < -0.3 is 20.6 Å². The minimum absolute atomic E-state index is 0. The van der Waals surface area contributed by atoms with E-state index in [1.165, 1.54) is 0 Å². The summed E-state index contributed by atoms with van der Waals surface area (Å²) in [6, 6.07) is 7.51. The number of benzene rings is 1. The molecule has 0 aliphatic carbocycles. The number of carbonyl (C=O) groups is 2. The third kappa shape index (κ3) is 4.08. The van der Waals surface area contributed by atoms with E-state index < -0.39 is 12.0 Å². The van der Waals surface area contributed by atoms with Gasteiger partial charge >= 0.3 is 0 Å². The first-order valence-corrected chi connectivity index (χ1v) is 8.59. The molecule has 24 heavy (non-hydrogen) atoms. The van der Waals surface area contributed by atoms with Gasteiger partial charge in [-0.15, -0.1) is 12.4 Å². The molecule has 3 N–H and O–H groups in total. The van der Waals surface area contributed by atoms with E-state index in [1.54, 1.807) is 4.90 Å². The number of aliphatic hydroxyl groups excluding tert-OH is 1. The molecule has 3 rings (SSSR count). The Kier molecular flexibility index (Phi) is 6.62. The van der Waals surface area contributed by atoms with Crippen LogP contribution in [0.3, 0.4) is 0 Å². The Bertz CT molecular complexity index is 616. The van der Waals surface area contributed by atoms with Gasteiger partial charge in [0, 0.05) is 42.3 Å². The van der Waals surface area contributed by atoms with Crippen LogP contribution in [0.4, 0.5) is 5.69 Å². The molecule has 2 aliphatic rings. The van der Waals surface area contributed by atoms with Crippen LogP contribution in [-0.4, -0.2) is 49.2 Å². The summed E-state index contributed by atoms with van der Waals surface area (Å²) in [7, 11) is 0. The number of hydrogen-bond acceptors (Lipinski definition) is 4. The SMILES string of the molecule is Cl.O=C(NCC1CNCC1O)C1CCN(c2cccc(Br)c2)C1=O. The molecule has 0 radical (unpaired) electrons. The first-order chi connectivity index (χ1) is 11.1. The summed E-state index contributed by atoms with van der Waals surface area (Å²) in [6.45, 7) is 2.18. The predicted octanol–water partition coefficient (Wildman–Crippen LogP) is 0.920. The van der Waals surface area contributed by atoms with Crippen molar-refractivity contribution in [2.24, 2.45) is 11.8 Å². The third-order valence-corrected chi connectivity index (χ3v) is 4.98. The van der Waals surface area contributed by atoms with Crippen LogP contribution < -0.4 is 15.5 Å². The second kappa shape index (κ2) is 8.29. The molecule has 1 aromatic carbocycles. The summed E-state index contributed by atoms with van der Waals surface area (Å²) in [5, 5.41) is 15.6. The number of nitrogens with one attached hydrogen (secondary N) is 2. The number of nitrogens with zero attached hydrogens (tertiary/aromatic N) is 1. The van der Waals surface area contributed by atoms with Crippen molar-refractivity contribution < 1.29 is 14.7 Å². The Morgan fingerprint density at radius 3 is 2.88 bits per heavy atom. The van der Waals surface area contributed by atoms with Crippen LogP contribution in [0.1, 0.15) is 6.42 Å². The molecule has 0 bridgehead atoms.